The molecular formula is C13H18O3. The topological polar surface area (TPSA) is 43.4 Å². The third kappa shape index (κ3) is 0.802. The fourth-order valence-corrected chi connectivity index (χ4v) is 4.79. The first kappa shape index (κ1) is 10.3. The van der Waals surface area contributed by atoms with Crippen LogP contribution in [-0.2, 0) is 14.3 Å². The van der Waals surface area contributed by atoms with Crippen LogP contribution < -0.4 is 0 Å². The fourth-order valence-electron chi connectivity index (χ4n) is 4.79. The van der Waals surface area contributed by atoms with E-state index in [1.165, 1.54) is 0 Å². The van der Waals surface area contributed by atoms with Gasteiger partial charge in [0.25, 0.3) is 0 Å². The third-order valence-corrected chi connectivity index (χ3v) is 5.71. The average Bonchev–Trinajstić information content (AvgIpc) is 2.53. The van der Waals surface area contributed by atoms with E-state index in [2.05, 4.69) is 13.8 Å². The van der Waals surface area contributed by atoms with Crippen LogP contribution in [0.4, 0.5) is 0 Å². The van der Waals surface area contributed by atoms with Crippen molar-refractivity contribution in [2.45, 2.75) is 33.6 Å². The number of hydrogen-bond donors (Lipinski definition) is 0. The SMILES string of the molecule is CCOC(=O)[C@@H]1C[C@H]2CC(=O)[C@H]3[C@@]2(C)[C@]31C. The van der Waals surface area contributed by atoms with Crippen molar-refractivity contribution in [3.8, 4) is 0 Å². The number of esters is 1. The highest BCUT2D eigenvalue weighted by molar-refractivity contribution is 5.93. The Hall–Kier alpha value is -0.860. The summed E-state index contributed by atoms with van der Waals surface area (Å²) < 4.78 is 5.14. The van der Waals surface area contributed by atoms with Crippen LogP contribution in [0.5, 0.6) is 0 Å². The molecule has 0 aromatic rings. The summed E-state index contributed by atoms with van der Waals surface area (Å²) in [7, 11) is 0. The first-order valence-corrected chi connectivity index (χ1v) is 6.17. The van der Waals surface area contributed by atoms with Crippen molar-refractivity contribution in [2.24, 2.45) is 28.6 Å². The number of hydrogen-bond acceptors (Lipinski definition) is 3. The molecule has 3 heteroatoms. The van der Waals surface area contributed by atoms with Gasteiger partial charge < -0.3 is 4.74 Å². The molecule has 3 aliphatic carbocycles. The zero-order valence-electron chi connectivity index (χ0n) is 10.1. The van der Waals surface area contributed by atoms with Crippen LogP contribution in [0.25, 0.3) is 0 Å². The number of fused-ring (bicyclic) bond motifs is 1. The molecule has 0 aromatic carbocycles. The Labute approximate surface area is 95.5 Å². The lowest BCUT2D eigenvalue weighted by molar-refractivity contribution is -0.150. The fraction of sp³-hybridized carbons (Fsp3) is 0.846. The number of ether oxygens (including phenoxy) is 1. The molecule has 88 valence electrons. The van der Waals surface area contributed by atoms with Gasteiger partial charge in [0.2, 0.25) is 0 Å². The van der Waals surface area contributed by atoms with Crippen LogP contribution in [0, 0.1) is 28.6 Å². The van der Waals surface area contributed by atoms with Crippen LogP contribution in [0.2, 0.25) is 0 Å². The van der Waals surface area contributed by atoms with Crippen molar-refractivity contribution in [3.63, 3.8) is 0 Å². The predicted octanol–water partition coefficient (Wildman–Crippen LogP) is 1.80. The van der Waals surface area contributed by atoms with E-state index in [9.17, 15) is 9.59 Å². The van der Waals surface area contributed by atoms with Crippen LogP contribution >= 0.6 is 0 Å². The van der Waals surface area contributed by atoms with E-state index in [0.29, 0.717) is 24.7 Å². The number of ketones is 1. The smallest absolute Gasteiger partial charge is 0.309 e. The summed E-state index contributed by atoms with van der Waals surface area (Å²) in [6.45, 7) is 6.56. The highest BCUT2D eigenvalue weighted by atomic mass is 16.5. The third-order valence-electron chi connectivity index (χ3n) is 5.71. The van der Waals surface area contributed by atoms with Gasteiger partial charge in [0.15, 0.2) is 0 Å². The molecule has 0 amide bonds. The van der Waals surface area contributed by atoms with Crippen molar-refractivity contribution in [2.75, 3.05) is 6.61 Å². The quantitative estimate of drug-likeness (QED) is 0.669. The Morgan fingerprint density at radius 3 is 2.62 bits per heavy atom. The molecule has 0 heterocycles. The number of Topliss-reactive ketones (excluding diaryl/α,β-unsaturated/α-hetero) is 1. The molecule has 0 aromatic heterocycles. The molecular weight excluding hydrogens is 204 g/mol. The molecule has 3 aliphatic rings. The Morgan fingerprint density at radius 2 is 2.12 bits per heavy atom. The standard InChI is InChI=1S/C13H18O3/c1-4-16-11(15)8-5-7-6-9(14)10-12(7,2)13(8,10)3/h7-8,10H,4-6H2,1-3H3/t7-,8-,10-,12-,13-/m0/s1. The zero-order chi connectivity index (χ0) is 11.7. The Bertz CT molecular complexity index is 389. The second-order valence-electron chi connectivity index (χ2n) is 5.91. The van der Waals surface area contributed by atoms with Crippen LogP contribution in [0.1, 0.15) is 33.6 Å². The minimum Gasteiger partial charge on any atom is -0.466 e. The molecule has 5 atom stereocenters. The number of rotatable bonds is 2. The molecule has 0 spiro atoms. The second-order valence-corrected chi connectivity index (χ2v) is 5.91. The molecule has 0 saturated heterocycles. The molecule has 0 radical (unpaired) electrons. The highest BCUT2D eigenvalue weighted by Crippen LogP contribution is 2.85. The lowest BCUT2D eigenvalue weighted by Crippen LogP contribution is -2.25. The van der Waals surface area contributed by atoms with Crippen molar-refractivity contribution in [1.82, 2.24) is 0 Å². The van der Waals surface area contributed by atoms with Crippen molar-refractivity contribution >= 4 is 11.8 Å². The summed E-state index contributed by atoms with van der Waals surface area (Å²) in [4.78, 5) is 23.8. The summed E-state index contributed by atoms with van der Waals surface area (Å²) in [5.74, 6) is 0.800. The molecule has 3 saturated carbocycles. The van der Waals surface area contributed by atoms with Gasteiger partial charge in [-0.15, -0.1) is 0 Å². The zero-order valence-corrected chi connectivity index (χ0v) is 10.1. The van der Waals surface area contributed by atoms with E-state index in [1.807, 2.05) is 6.92 Å². The maximum Gasteiger partial charge on any atom is 0.309 e. The minimum absolute atomic E-state index is 0.0427. The first-order valence-electron chi connectivity index (χ1n) is 6.17. The van der Waals surface area contributed by atoms with Crippen LogP contribution in [0.3, 0.4) is 0 Å². The lowest BCUT2D eigenvalue weighted by Gasteiger charge is -2.18. The molecule has 0 unspecified atom stereocenters. The van der Waals surface area contributed by atoms with Gasteiger partial charge in [-0.3, -0.25) is 9.59 Å². The average molecular weight is 222 g/mol. The largest absolute Gasteiger partial charge is 0.466 e. The predicted molar refractivity (Wildman–Crippen MR) is 57.6 cm³/mol. The van der Waals surface area contributed by atoms with Gasteiger partial charge in [-0.25, -0.2) is 0 Å². The van der Waals surface area contributed by atoms with Gasteiger partial charge in [0, 0.05) is 12.3 Å². The van der Waals surface area contributed by atoms with Crippen molar-refractivity contribution < 1.29 is 14.3 Å². The summed E-state index contributed by atoms with van der Waals surface area (Å²) in [6.07, 6.45) is 1.54. The van der Waals surface area contributed by atoms with E-state index in [0.717, 1.165) is 6.42 Å². The van der Waals surface area contributed by atoms with E-state index in [1.54, 1.807) is 0 Å². The number of carbonyl (C=O) groups is 2. The minimum atomic E-state index is -0.0980. The van der Waals surface area contributed by atoms with Gasteiger partial charge >= 0.3 is 5.97 Å². The molecule has 0 aliphatic heterocycles. The highest BCUT2D eigenvalue weighted by Gasteiger charge is 2.86. The van der Waals surface area contributed by atoms with Crippen molar-refractivity contribution in [1.29, 1.82) is 0 Å². The first-order chi connectivity index (χ1) is 7.47. The molecule has 16 heavy (non-hydrogen) atoms. The maximum atomic E-state index is 11.9. The Balaban J connectivity index is 1.92. The molecule has 3 rings (SSSR count). The second kappa shape index (κ2) is 2.69. The number of carbonyl (C=O) groups excluding carboxylic acids is 2. The Morgan fingerprint density at radius 1 is 1.44 bits per heavy atom. The summed E-state index contributed by atoms with van der Waals surface area (Å²) in [5, 5.41) is 0. The van der Waals surface area contributed by atoms with E-state index >= 15 is 0 Å². The maximum absolute atomic E-state index is 11.9. The van der Waals surface area contributed by atoms with E-state index in [4.69, 9.17) is 4.74 Å². The van der Waals surface area contributed by atoms with Gasteiger partial charge in [-0.05, 0) is 30.1 Å². The van der Waals surface area contributed by atoms with Gasteiger partial charge in [0.05, 0.1) is 12.5 Å². The molecule has 3 fully saturated rings. The van der Waals surface area contributed by atoms with Gasteiger partial charge in [-0.2, -0.15) is 0 Å². The van der Waals surface area contributed by atoms with E-state index < -0.39 is 0 Å². The Kier molecular flexibility index (Phi) is 1.73. The van der Waals surface area contributed by atoms with Gasteiger partial charge in [-0.1, -0.05) is 13.8 Å². The van der Waals surface area contributed by atoms with Gasteiger partial charge in [0.1, 0.15) is 5.78 Å². The van der Waals surface area contributed by atoms with Crippen LogP contribution in [-0.4, -0.2) is 18.4 Å². The van der Waals surface area contributed by atoms with Crippen LogP contribution in [0.15, 0.2) is 0 Å². The monoisotopic (exact) mass is 222 g/mol. The molecule has 3 nitrogen and oxygen atoms in total. The normalized spacial score (nSPS) is 52.7. The van der Waals surface area contributed by atoms with E-state index in [-0.39, 0.29) is 28.6 Å². The lowest BCUT2D eigenvalue weighted by atomic mass is 9.87. The molecule has 0 bridgehead atoms. The molecule has 0 N–H and O–H groups in total. The summed E-state index contributed by atoms with van der Waals surface area (Å²) in [6, 6.07) is 0. The summed E-state index contributed by atoms with van der Waals surface area (Å²) in [5.41, 5.74) is 0.000759. The summed E-state index contributed by atoms with van der Waals surface area (Å²) >= 11 is 0. The van der Waals surface area contributed by atoms with Crippen molar-refractivity contribution in [3.05, 3.63) is 0 Å².